The van der Waals surface area contributed by atoms with E-state index >= 15 is 0 Å². The predicted octanol–water partition coefficient (Wildman–Crippen LogP) is 2.84. The average Bonchev–Trinajstić information content (AvgIpc) is 2.94. The molecule has 1 aromatic heterocycles. The van der Waals surface area contributed by atoms with Gasteiger partial charge in [0.15, 0.2) is 0 Å². The Morgan fingerprint density at radius 2 is 2.28 bits per heavy atom. The third-order valence-corrected chi connectivity index (χ3v) is 4.74. The molecule has 1 aromatic rings. The molecule has 2 rings (SSSR count). The monoisotopic (exact) mass is 331 g/mol. The van der Waals surface area contributed by atoms with E-state index in [0.717, 1.165) is 21.6 Å². The number of thiophene rings is 1. The van der Waals surface area contributed by atoms with Crippen LogP contribution in [0.3, 0.4) is 0 Å². The summed E-state index contributed by atoms with van der Waals surface area (Å²) in [7, 11) is 0. The zero-order chi connectivity index (χ0) is 13.1. The lowest BCUT2D eigenvalue weighted by molar-refractivity contribution is -0.137. The van der Waals surface area contributed by atoms with Gasteiger partial charge < -0.3 is 10.0 Å². The first-order chi connectivity index (χ1) is 8.56. The van der Waals surface area contributed by atoms with Crippen molar-refractivity contribution in [2.24, 2.45) is 5.92 Å². The van der Waals surface area contributed by atoms with Gasteiger partial charge >= 0.3 is 5.97 Å². The van der Waals surface area contributed by atoms with Gasteiger partial charge in [-0.15, -0.1) is 11.3 Å². The first-order valence-corrected chi connectivity index (χ1v) is 7.43. The molecular weight excluding hydrogens is 318 g/mol. The van der Waals surface area contributed by atoms with Gasteiger partial charge in [0.05, 0.1) is 8.66 Å². The van der Waals surface area contributed by atoms with Gasteiger partial charge in [-0.1, -0.05) is 0 Å². The quantitative estimate of drug-likeness (QED) is 0.922. The molecule has 0 radical (unpaired) electrons. The molecule has 0 aliphatic carbocycles. The number of likely N-dealkylation sites (tertiary alicyclic amines) is 1. The Bertz CT molecular complexity index is 460. The van der Waals surface area contributed by atoms with Crippen LogP contribution < -0.4 is 0 Å². The van der Waals surface area contributed by atoms with Crippen LogP contribution in [0.25, 0.3) is 0 Å². The van der Waals surface area contributed by atoms with E-state index < -0.39 is 5.97 Å². The zero-order valence-electron chi connectivity index (χ0n) is 9.76. The summed E-state index contributed by atoms with van der Waals surface area (Å²) in [5.74, 6) is -0.376. The van der Waals surface area contributed by atoms with Crippen LogP contribution in [0.5, 0.6) is 0 Å². The van der Waals surface area contributed by atoms with Gasteiger partial charge in [0.25, 0.3) is 5.91 Å². The largest absolute Gasteiger partial charge is 0.481 e. The fraction of sp³-hybridized carbons (Fsp3) is 0.500. The summed E-state index contributed by atoms with van der Waals surface area (Å²) in [6, 6.07) is 3.69. The predicted molar refractivity (Wildman–Crippen MR) is 72.9 cm³/mol. The van der Waals surface area contributed by atoms with Gasteiger partial charge in [-0.2, -0.15) is 0 Å². The van der Waals surface area contributed by atoms with Crippen LogP contribution in [-0.2, 0) is 4.79 Å². The van der Waals surface area contributed by atoms with Crippen molar-refractivity contribution in [2.45, 2.75) is 19.3 Å². The van der Waals surface area contributed by atoms with E-state index in [1.165, 1.54) is 11.3 Å². The Kier molecular flexibility index (Phi) is 4.40. The Morgan fingerprint density at radius 3 is 2.89 bits per heavy atom. The lowest BCUT2D eigenvalue weighted by atomic mass is 10.0. The Morgan fingerprint density at radius 1 is 1.50 bits per heavy atom. The van der Waals surface area contributed by atoms with Crippen molar-refractivity contribution in [3.63, 3.8) is 0 Å². The molecule has 1 fully saturated rings. The summed E-state index contributed by atoms with van der Waals surface area (Å²) in [6.07, 6.45) is 1.76. The molecule has 4 nitrogen and oxygen atoms in total. The van der Waals surface area contributed by atoms with E-state index in [9.17, 15) is 9.59 Å². The molecule has 1 aliphatic rings. The highest BCUT2D eigenvalue weighted by Crippen LogP contribution is 2.27. The highest BCUT2D eigenvalue weighted by atomic mass is 79.9. The topological polar surface area (TPSA) is 57.6 Å². The van der Waals surface area contributed by atoms with Crippen molar-refractivity contribution in [1.82, 2.24) is 4.90 Å². The van der Waals surface area contributed by atoms with Crippen molar-refractivity contribution in [2.75, 3.05) is 13.1 Å². The maximum absolute atomic E-state index is 12.1. The minimum Gasteiger partial charge on any atom is -0.481 e. The fourth-order valence-electron chi connectivity index (χ4n) is 2.17. The molecule has 0 spiro atoms. The number of aliphatic carboxylic acids is 1. The number of amides is 1. The van der Waals surface area contributed by atoms with Crippen LogP contribution >= 0.6 is 27.3 Å². The molecular formula is C12H14BrNO3S. The lowest BCUT2D eigenvalue weighted by Gasteiger charge is -2.15. The molecule has 18 heavy (non-hydrogen) atoms. The molecule has 0 bridgehead atoms. The van der Waals surface area contributed by atoms with Gasteiger partial charge in [-0.3, -0.25) is 9.59 Å². The standard InChI is InChI=1S/C12H14BrNO3S/c13-10-3-2-9(18-10)12(17)14-6-5-8(7-14)1-4-11(15)16/h2-3,8H,1,4-7H2,(H,15,16). The van der Waals surface area contributed by atoms with Gasteiger partial charge in [-0.05, 0) is 46.8 Å². The number of rotatable bonds is 4. The first-order valence-electron chi connectivity index (χ1n) is 5.82. The number of carboxylic acid groups (broad SMARTS) is 1. The summed E-state index contributed by atoms with van der Waals surface area (Å²) in [5, 5.41) is 8.65. The van der Waals surface area contributed by atoms with Gasteiger partial charge in [0.2, 0.25) is 0 Å². The number of carbonyl (C=O) groups is 2. The van der Waals surface area contributed by atoms with Crippen molar-refractivity contribution >= 4 is 39.1 Å². The minimum atomic E-state index is -0.762. The molecule has 1 N–H and O–H groups in total. The maximum atomic E-state index is 12.1. The zero-order valence-corrected chi connectivity index (χ0v) is 12.2. The third-order valence-electron chi connectivity index (χ3n) is 3.12. The van der Waals surface area contributed by atoms with Crippen molar-refractivity contribution in [3.8, 4) is 0 Å². The molecule has 1 amide bonds. The summed E-state index contributed by atoms with van der Waals surface area (Å²) in [4.78, 5) is 25.2. The SMILES string of the molecule is O=C(O)CCC1CCN(C(=O)c2ccc(Br)s2)C1. The van der Waals surface area contributed by atoms with Crippen LogP contribution in [-0.4, -0.2) is 35.0 Å². The molecule has 2 heterocycles. The molecule has 6 heteroatoms. The molecule has 1 unspecified atom stereocenters. The molecule has 1 aliphatic heterocycles. The Labute approximate surface area is 118 Å². The summed E-state index contributed by atoms with van der Waals surface area (Å²) < 4.78 is 0.951. The maximum Gasteiger partial charge on any atom is 0.303 e. The van der Waals surface area contributed by atoms with E-state index in [-0.39, 0.29) is 12.3 Å². The van der Waals surface area contributed by atoms with E-state index in [1.54, 1.807) is 0 Å². The van der Waals surface area contributed by atoms with Gasteiger partial charge in [0.1, 0.15) is 0 Å². The summed E-state index contributed by atoms with van der Waals surface area (Å²) in [5.41, 5.74) is 0. The van der Waals surface area contributed by atoms with Crippen LogP contribution in [0.2, 0.25) is 0 Å². The Hall–Kier alpha value is -0.880. The summed E-state index contributed by atoms with van der Waals surface area (Å²) in [6.45, 7) is 1.42. The van der Waals surface area contributed by atoms with Crippen LogP contribution in [0.15, 0.2) is 15.9 Å². The first kappa shape index (κ1) is 13.5. The molecule has 0 aromatic carbocycles. The third kappa shape index (κ3) is 3.32. The lowest BCUT2D eigenvalue weighted by Crippen LogP contribution is -2.28. The molecule has 1 atom stereocenters. The highest BCUT2D eigenvalue weighted by molar-refractivity contribution is 9.11. The number of nitrogens with zero attached hydrogens (tertiary/aromatic N) is 1. The van der Waals surface area contributed by atoms with E-state index in [4.69, 9.17) is 5.11 Å². The summed E-state index contributed by atoms with van der Waals surface area (Å²) >= 11 is 4.78. The van der Waals surface area contributed by atoms with Crippen LogP contribution in [0, 0.1) is 5.92 Å². The van der Waals surface area contributed by atoms with E-state index in [1.807, 2.05) is 17.0 Å². The van der Waals surface area contributed by atoms with Crippen molar-refractivity contribution in [3.05, 3.63) is 20.8 Å². The smallest absolute Gasteiger partial charge is 0.303 e. The van der Waals surface area contributed by atoms with Gasteiger partial charge in [-0.25, -0.2) is 0 Å². The second-order valence-corrected chi connectivity index (χ2v) is 6.91. The fourth-order valence-corrected chi connectivity index (χ4v) is 3.52. The number of hydrogen-bond donors (Lipinski definition) is 1. The van der Waals surface area contributed by atoms with Crippen LogP contribution in [0.1, 0.15) is 28.9 Å². The second-order valence-electron chi connectivity index (χ2n) is 4.44. The number of halogens is 1. The molecule has 0 saturated carbocycles. The van der Waals surface area contributed by atoms with Crippen LogP contribution in [0.4, 0.5) is 0 Å². The molecule has 1 saturated heterocycles. The minimum absolute atomic E-state index is 0.0588. The van der Waals surface area contributed by atoms with Crippen molar-refractivity contribution in [1.29, 1.82) is 0 Å². The van der Waals surface area contributed by atoms with E-state index in [2.05, 4.69) is 15.9 Å². The number of carboxylic acids is 1. The molecule has 98 valence electrons. The average molecular weight is 332 g/mol. The number of carbonyl (C=O) groups excluding carboxylic acids is 1. The normalized spacial score (nSPS) is 19.2. The Balaban J connectivity index is 1.88. The van der Waals surface area contributed by atoms with Crippen molar-refractivity contribution < 1.29 is 14.7 Å². The van der Waals surface area contributed by atoms with E-state index in [0.29, 0.717) is 18.9 Å². The van der Waals surface area contributed by atoms with Gasteiger partial charge in [0, 0.05) is 19.5 Å². The highest BCUT2D eigenvalue weighted by Gasteiger charge is 2.27. The number of hydrogen-bond acceptors (Lipinski definition) is 3. The second kappa shape index (κ2) is 5.84.